The van der Waals surface area contributed by atoms with Crippen molar-refractivity contribution < 1.29 is 8.78 Å². The van der Waals surface area contributed by atoms with Gasteiger partial charge in [-0.3, -0.25) is 0 Å². The topological polar surface area (TPSA) is 62.7 Å². The third kappa shape index (κ3) is 1.91. The SMILES string of the molecule is N#Cc1nc(CCl)c(C(F)F)cc1N. The van der Waals surface area contributed by atoms with E-state index in [0.717, 1.165) is 6.07 Å². The first-order valence-electron chi connectivity index (χ1n) is 3.63. The summed E-state index contributed by atoms with van der Waals surface area (Å²) in [5, 5.41) is 8.54. The molecule has 0 fully saturated rings. The minimum Gasteiger partial charge on any atom is -0.396 e. The van der Waals surface area contributed by atoms with Gasteiger partial charge in [0.15, 0.2) is 5.69 Å². The van der Waals surface area contributed by atoms with Crippen LogP contribution in [0.2, 0.25) is 0 Å². The number of nitriles is 1. The number of anilines is 1. The Labute approximate surface area is 84.1 Å². The second-order valence-electron chi connectivity index (χ2n) is 2.51. The van der Waals surface area contributed by atoms with Gasteiger partial charge in [0.1, 0.15) is 6.07 Å². The lowest BCUT2D eigenvalue weighted by Crippen LogP contribution is -2.03. The fourth-order valence-corrected chi connectivity index (χ4v) is 1.18. The van der Waals surface area contributed by atoms with E-state index < -0.39 is 6.43 Å². The molecule has 3 nitrogen and oxygen atoms in total. The molecule has 14 heavy (non-hydrogen) atoms. The molecule has 0 aliphatic carbocycles. The van der Waals surface area contributed by atoms with Gasteiger partial charge in [-0.1, -0.05) is 0 Å². The molecule has 0 spiro atoms. The summed E-state index contributed by atoms with van der Waals surface area (Å²) in [7, 11) is 0. The van der Waals surface area contributed by atoms with Crippen molar-refractivity contribution in [1.29, 1.82) is 5.26 Å². The van der Waals surface area contributed by atoms with Gasteiger partial charge in [0.05, 0.1) is 17.3 Å². The first kappa shape index (κ1) is 10.7. The van der Waals surface area contributed by atoms with Crippen molar-refractivity contribution in [2.24, 2.45) is 0 Å². The van der Waals surface area contributed by atoms with Gasteiger partial charge in [-0.25, -0.2) is 13.8 Å². The number of alkyl halides is 3. The van der Waals surface area contributed by atoms with E-state index in [9.17, 15) is 8.78 Å². The molecule has 2 N–H and O–H groups in total. The zero-order valence-corrected chi connectivity index (χ0v) is 7.72. The number of pyridine rings is 1. The Morgan fingerprint density at radius 1 is 1.64 bits per heavy atom. The number of nitrogens with zero attached hydrogens (tertiary/aromatic N) is 2. The summed E-state index contributed by atoms with van der Waals surface area (Å²) in [6, 6.07) is 2.73. The van der Waals surface area contributed by atoms with E-state index in [-0.39, 0.29) is 28.5 Å². The van der Waals surface area contributed by atoms with Crippen molar-refractivity contribution in [3.8, 4) is 6.07 Å². The normalized spacial score (nSPS) is 10.2. The van der Waals surface area contributed by atoms with Crippen molar-refractivity contribution in [1.82, 2.24) is 4.98 Å². The number of hydrogen-bond acceptors (Lipinski definition) is 3. The molecule has 0 bridgehead atoms. The van der Waals surface area contributed by atoms with Crippen molar-refractivity contribution in [2.75, 3.05) is 5.73 Å². The molecular formula is C8H6ClF2N3. The Morgan fingerprint density at radius 2 is 2.29 bits per heavy atom. The molecule has 74 valence electrons. The fourth-order valence-electron chi connectivity index (χ4n) is 0.969. The highest BCUT2D eigenvalue weighted by Crippen LogP contribution is 2.26. The maximum absolute atomic E-state index is 12.4. The molecule has 0 amide bonds. The first-order valence-corrected chi connectivity index (χ1v) is 4.17. The van der Waals surface area contributed by atoms with Crippen LogP contribution in [0.25, 0.3) is 0 Å². The highest BCUT2D eigenvalue weighted by atomic mass is 35.5. The molecule has 0 aliphatic rings. The molecule has 0 saturated carbocycles. The average molecular weight is 218 g/mol. The van der Waals surface area contributed by atoms with Gasteiger partial charge in [-0.15, -0.1) is 11.6 Å². The number of aromatic nitrogens is 1. The standard InChI is InChI=1S/C8H6ClF2N3/c9-2-6-4(8(10)11)1-5(13)7(3-12)14-6/h1,8H,2,13H2. The van der Waals surface area contributed by atoms with E-state index in [1.165, 1.54) is 0 Å². The summed E-state index contributed by atoms with van der Waals surface area (Å²) < 4.78 is 24.8. The molecule has 1 aromatic heterocycles. The number of halogens is 3. The molecule has 0 saturated heterocycles. The van der Waals surface area contributed by atoms with Crippen LogP contribution >= 0.6 is 11.6 Å². The van der Waals surface area contributed by atoms with Gasteiger partial charge in [-0.2, -0.15) is 5.26 Å². The predicted octanol–water partition coefficient (Wildman–Crippen LogP) is 2.21. The van der Waals surface area contributed by atoms with Crippen LogP contribution in [0, 0.1) is 11.3 Å². The fraction of sp³-hybridized carbons (Fsp3) is 0.250. The van der Waals surface area contributed by atoms with Gasteiger partial charge in [0, 0.05) is 5.56 Å². The summed E-state index contributed by atoms with van der Waals surface area (Å²) in [4.78, 5) is 3.63. The molecule has 6 heteroatoms. The lowest BCUT2D eigenvalue weighted by atomic mass is 10.1. The van der Waals surface area contributed by atoms with Crippen molar-refractivity contribution in [3.63, 3.8) is 0 Å². The van der Waals surface area contributed by atoms with E-state index in [1.54, 1.807) is 6.07 Å². The minimum absolute atomic E-state index is 0.00702. The van der Waals surface area contributed by atoms with E-state index in [0.29, 0.717) is 0 Å². The van der Waals surface area contributed by atoms with E-state index in [2.05, 4.69) is 4.98 Å². The third-order valence-electron chi connectivity index (χ3n) is 1.63. The highest BCUT2D eigenvalue weighted by Gasteiger charge is 2.16. The number of nitrogens with two attached hydrogens (primary N) is 1. The van der Waals surface area contributed by atoms with Gasteiger partial charge in [0.2, 0.25) is 0 Å². The molecule has 1 rings (SSSR count). The van der Waals surface area contributed by atoms with Crippen LogP contribution in [-0.4, -0.2) is 4.98 Å². The third-order valence-corrected chi connectivity index (χ3v) is 1.89. The van der Waals surface area contributed by atoms with Gasteiger partial charge in [-0.05, 0) is 6.07 Å². The second kappa shape index (κ2) is 4.20. The quantitative estimate of drug-likeness (QED) is 0.773. The Morgan fingerprint density at radius 3 is 2.71 bits per heavy atom. The Kier molecular flexibility index (Phi) is 3.20. The Balaban J connectivity index is 3.33. The molecule has 0 atom stereocenters. The summed E-state index contributed by atoms with van der Waals surface area (Å²) in [6.07, 6.45) is -2.69. The predicted molar refractivity (Wildman–Crippen MR) is 47.9 cm³/mol. The van der Waals surface area contributed by atoms with Crippen LogP contribution in [0.3, 0.4) is 0 Å². The monoisotopic (exact) mass is 217 g/mol. The lowest BCUT2D eigenvalue weighted by molar-refractivity contribution is 0.150. The van der Waals surface area contributed by atoms with Crippen LogP contribution in [-0.2, 0) is 5.88 Å². The van der Waals surface area contributed by atoms with Gasteiger partial charge >= 0.3 is 0 Å². The zero-order valence-electron chi connectivity index (χ0n) is 6.97. The van der Waals surface area contributed by atoms with E-state index >= 15 is 0 Å². The molecule has 0 radical (unpaired) electrons. The summed E-state index contributed by atoms with van der Waals surface area (Å²) >= 11 is 5.41. The van der Waals surface area contributed by atoms with Crippen molar-refractivity contribution in [3.05, 3.63) is 23.0 Å². The number of nitrogen functional groups attached to an aromatic ring is 1. The molecule has 1 aromatic rings. The second-order valence-corrected chi connectivity index (χ2v) is 2.78. The molecule has 0 unspecified atom stereocenters. The maximum atomic E-state index is 12.4. The smallest absolute Gasteiger partial charge is 0.265 e. The van der Waals surface area contributed by atoms with Crippen LogP contribution in [0.4, 0.5) is 14.5 Å². The summed E-state index contributed by atoms with van der Waals surface area (Å²) in [6.45, 7) is 0. The molecule has 1 heterocycles. The van der Waals surface area contributed by atoms with Crippen LogP contribution in [0.1, 0.15) is 23.4 Å². The van der Waals surface area contributed by atoms with Crippen LogP contribution in [0.5, 0.6) is 0 Å². The maximum Gasteiger partial charge on any atom is 0.265 e. The largest absolute Gasteiger partial charge is 0.396 e. The zero-order chi connectivity index (χ0) is 10.7. The lowest BCUT2D eigenvalue weighted by Gasteiger charge is -2.07. The van der Waals surface area contributed by atoms with E-state index in [1.807, 2.05) is 0 Å². The Bertz CT molecular complexity index is 387. The van der Waals surface area contributed by atoms with Crippen LogP contribution in [0.15, 0.2) is 6.07 Å². The Hall–Kier alpha value is -1.41. The highest BCUT2D eigenvalue weighted by molar-refractivity contribution is 6.17. The number of rotatable bonds is 2. The summed E-state index contributed by atoms with van der Waals surface area (Å²) in [5.41, 5.74) is 4.86. The molecule has 0 aliphatic heterocycles. The molecule has 0 aromatic carbocycles. The van der Waals surface area contributed by atoms with Crippen molar-refractivity contribution >= 4 is 17.3 Å². The minimum atomic E-state index is -2.69. The van der Waals surface area contributed by atoms with E-state index in [4.69, 9.17) is 22.6 Å². The molecular weight excluding hydrogens is 212 g/mol. The van der Waals surface area contributed by atoms with Gasteiger partial charge < -0.3 is 5.73 Å². The first-order chi connectivity index (χ1) is 6.60. The van der Waals surface area contributed by atoms with Crippen LogP contribution < -0.4 is 5.73 Å². The van der Waals surface area contributed by atoms with Crippen molar-refractivity contribution in [2.45, 2.75) is 12.3 Å². The summed E-state index contributed by atoms with van der Waals surface area (Å²) in [5.74, 6) is -0.172. The average Bonchev–Trinajstić information content (AvgIpc) is 2.17. The van der Waals surface area contributed by atoms with Gasteiger partial charge in [0.25, 0.3) is 6.43 Å². The number of hydrogen-bond donors (Lipinski definition) is 1.